The Hall–Kier alpha value is -3.87. The molecule has 0 aromatic heterocycles. The summed E-state index contributed by atoms with van der Waals surface area (Å²) < 4.78 is 58.8. The van der Waals surface area contributed by atoms with Gasteiger partial charge < -0.3 is 20.7 Å². The summed E-state index contributed by atoms with van der Waals surface area (Å²) in [6, 6.07) is 14.1. The first-order chi connectivity index (χ1) is 21.7. The maximum absolute atomic E-state index is 13.9. The summed E-state index contributed by atoms with van der Waals surface area (Å²) >= 11 is 0. The molecule has 0 aliphatic carbocycles. The molecule has 46 heavy (non-hydrogen) atoms. The van der Waals surface area contributed by atoms with E-state index in [-0.39, 0.29) is 31.0 Å². The maximum Gasteiger partial charge on any atom is 0.338 e. The number of hydrogen-bond donors (Lipinski definition) is 2. The Balaban J connectivity index is 1.83. The molecule has 0 aliphatic rings. The van der Waals surface area contributed by atoms with Crippen molar-refractivity contribution in [2.24, 2.45) is 5.73 Å². The summed E-state index contributed by atoms with van der Waals surface area (Å²) in [5.41, 5.74) is 9.31. The van der Waals surface area contributed by atoms with Gasteiger partial charge in [0.1, 0.15) is 17.7 Å². The van der Waals surface area contributed by atoms with Gasteiger partial charge >= 0.3 is 5.97 Å². The van der Waals surface area contributed by atoms with Crippen molar-refractivity contribution in [1.82, 2.24) is 10.2 Å². The van der Waals surface area contributed by atoms with Gasteiger partial charge in [-0.05, 0) is 85.3 Å². The SMILES string of the molecule is CCCN(CCC)C(=O)c1cc(C)cc(C(=O)O[C@H](CNCc2cccc(N(C)S(C)(=O)=O)c2)[C@H](N)Cc2cc(F)cc(F)c2)c1. The third-order valence-corrected chi connectivity index (χ3v) is 8.62. The van der Waals surface area contributed by atoms with E-state index in [1.807, 2.05) is 19.9 Å². The van der Waals surface area contributed by atoms with E-state index >= 15 is 0 Å². The molecule has 0 fully saturated rings. The molecule has 0 radical (unpaired) electrons. The zero-order valence-electron chi connectivity index (χ0n) is 27.1. The van der Waals surface area contributed by atoms with E-state index < -0.39 is 39.8 Å². The van der Waals surface area contributed by atoms with Crippen LogP contribution in [0.1, 0.15) is 64.1 Å². The van der Waals surface area contributed by atoms with Crippen molar-refractivity contribution in [3.05, 3.63) is 100 Å². The third kappa shape index (κ3) is 10.6. The molecule has 0 saturated carbocycles. The van der Waals surface area contributed by atoms with Crippen molar-refractivity contribution in [2.45, 2.75) is 58.7 Å². The molecule has 250 valence electrons. The molecule has 9 nitrogen and oxygen atoms in total. The lowest BCUT2D eigenvalue weighted by Gasteiger charge is -2.25. The molecule has 3 aromatic carbocycles. The fourth-order valence-corrected chi connectivity index (χ4v) is 5.59. The van der Waals surface area contributed by atoms with Crippen LogP contribution in [0.2, 0.25) is 0 Å². The molecule has 3 N–H and O–H groups in total. The number of aryl methyl sites for hydroxylation is 1. The number of amides is 1. The smallest absolute Gasteiger partial charge is 0.338 e. The molecule has 1 amide bonds. The number of benzene rings is 3. The highest BCUT2D eigenvalue weighted by atomic mass is 32.2. The van der Waals surface area contributed by atoms with Gasteiger partial charge in [0.05, 0.1) is 17.5 Å². The maximum atomic E-state index is 13.9. The van der Waals surface area contributed by atoms with Crippen LogP contribution in [-0.2, 0) is 27.7 Å². The second-order valence-electron chi connectivity index (χ2n) is 11.5. The summed E-state index contributed by atoms with van der Waals surface area (Å²) in [6.07, 6.45) is 1.79. The number of ether oxygens (including phenoxy) is 1. The van der Waals surface area contributed by atoms with Crippen molar-refractivity contribution in [1.29, 1.82) is 0 Å². The molecule has 3 rings (SSSR count). The molecule has 0 heterocycles. The van der Waals surface area contributed by atoms with Crippen LogP contribution in [-0.4, -0.2) is 70.3 Å². The molecular weight excluding hydrogens is 614 g/mol. The second kappa shape index (κ2) is 16.6. The lowest BCUT2D eigenvalue weighted by Crippen LogP contribution is -2.46. The van der Waals surface area contributed by atoms with E-state index in [0.29, 0.717) is 35.5 Å². The van der Waals surface area contributed by atoms with E-state index in [9.17, 15) is 26.8 Å². The fourth-order valence-electron chi connectivity index (χ4n) is 5.09. The van der Waals surface area contributed by atoms with Crippen LogP contribution < -0.4 is 15.4 Å². The van der Waals surface area contributed by atoms with Crippen LogP contribution in [0.5, 0.6) is 0 Å². The van der Waals surface area contributed by atoms with Crippen molar-refractivity contribution < 1.29 is 31.5 Å². The number of hydrogen-bond acceptors (Lipinski definition) is 7. The van der Waals surface area contributed by atoms with Gasteiger partial charge in [-0.2, -0.15) is 0 Å². The number of nitrogens with one attached hydrogen (secondary N) is 1. The van der Waals surface area contributed by atoms with Crippen molar-refractivity contribution in [2.75, 3.05) is 37.2 Å². The minimum absolute atomic E-state index is 0.0174. The number of anilines is 1. The zero-order chi connectivity index (χ0) is 34.0. The lowest BCUT2D eigenvalue weighted by molar-refractivity contribution is 0.0238. The van der Waals surface area contributed by atoms with E-state index in [2.05, 4.69) is 5.32 Å². The normalized spacial score (nSPS) is 12.8. The first-order valence-electron chi connectivity index (χ1n) is 15.3. The average Bonchev–Trinajstić information content (AvgIpc) is 2.98. The van der Waals surface area contributed by atoms with E-state index in [1.54, 1.807) is 42.2 Å². The summed E-state index contributed by atoms with van der Waals surface area (Å²) in [5.74, 6) is -2.36. The monoisotopic (exact) mass is 658 g/mol. The highest BCUT2D eigenvalue weighted by Crippen LogP contribution is 2.19. The lowest BCUT2D eigenvalue weighted by atomic mass is 10.0. The van der Waals surface area contributed by atoms with Crippen molar-refractivity contribution in [3.63, 3.8) is 0 Å². The van der Waals surface area contributed by atoms with E-state index in [0.717, 1.165) is 30.7 Å². The predicted molar refractivity (Wildman–Crippen MR) is 176 cm³/mol. The van der Waals surface area contributed by atoms with Gasteiger partial charge in [-0.1, -0.05) is 26.0 Å². The molecule has 12 heteroatoms. The number of sulfonamides is 1. The fraction of sp³-hybridized carbons (Fsp3) is 0.412. The molecule has 0 saturated heterocycles. The topological polar surface area (TPSA) is 122 Å². The molecule has 0 aliphatic heterocycles. The zero-order valence-corrected chi connectivity index (χ0v) is 27.9. The van der Waals surface area contributed by atoms with Crippen LogP contribution in [0.4, 0.5) is 14.5 Å². The van der Waals surface area contributed by atoms with Gasteiger partial charge in [0.2, 0.25) is 10.0 Å². The Morgan fingerprint density at radius 3 is 2.17 bits per heavy atom. The Kier molecular flexibility index (Phi) is 13.2. The molecule has 2 atom stereocenters. The minimum atomic E-state index is -3.45. The first-order valence-corrected chi connectivity index (χ1v) is 17.1. The number of carbonyl (C=O) groups excluding carboxylic acids is 2. The number of halogens is 2. The first kappa shape index (κ1) is 36.6. The molecule has 0 unspecified atom stereocenters. The van der Waals surface area contributed by atoms with Crippen LogP contribution >= 0.6 is 0 Å². The van der Waals surface area contributed by atoms with Crippen LogP contribution in [0.25, 0.3) is 0 Å². The number of nitrogens with zero attached hydrogens (tertiary/aromatic N) is 2. The Labute approximate surface area is 270 Å². The molecule has 3 aromatic rings. The van der Waals surface area contributed by atoms with Gasteiger partial charge in [0, 0.05) is 50.9 Å². The largest absolute Gasteiger partial charge is 0.456 e. The summed E-state index contributed by atoms with van der Waals surface area (Å²) in [6.45, 7) is 7.33. The van der Waals surface area contributed by atoms with Crippen LogP contribution in [0.15, 0.2) is 60.7 Å². The molecular formula is C34H44F2N4O5S. The standard InChI is InChI=1S/C34H44F2N4O5S/c1-6-11-40(12-7-2)33(41)26-13-23(3)14-27(19-26)34(42)45-32(31(37)18-25-15-28(35)20-29(36)16-25)22-38-21-24-9-8-10-30(17-24)39(4)46(5,43)44/h8-10,13-17,19-20,31-32,38H,6-7,11-12,18,21-22,37H2,1-5H3/t31-,32-/m1/s1. The summed E-state index contributed by atoms with van der Waals surface area (Å²) in [7, 11) is -2.00. The van der Waals surface area contributed by atoms with E-state index in [4.69, 9.17) is 10.5 Å². The van der Waals surface area contributed by atoms with Crippen molar-refractivity contribution in [3.8, 4) is 0 Å². The van der Waals surface area contributed by atoms with E-state index in [1.165, 1.54) is 29.6 Å². The number of rotatable bonds is 16. The highest BCUT2D eigenvalue weighted by Gasteiger charge is 2.25. The Morgan fingerprint density at radius 2 is 1.57 bits per heavy atom. The Morgan fingerprint density at radius 1 is 0.935 bits per heavy atom. The van der Waals surface area contributed by atoms with Gasteiger partial charge in [-0.3, -0.25) is 9.10 Å². The van der Waals surface area contributed by atoms with Gasteiger partial charge in [0.25, 0.3) is 5.91 Å². The van der Waals surface area contributed by atoms with Crippen molar-refractivity contribution >= 4 is 27.6 Å². The number of nitrogens with two attached hydrogens (primary N) is 1. The Bertz CT molecular complexity index is 1590. The van der Waals surface area contributed by atoms with Gasteiger partial charge in [-0.15, -0.1) is 0 Å². The quantitative estimate of drug-likeness (QED) is 0.212. The minimum Gasteiger partial charge on any atom is -0.456 e. The second-order valence-corrected chi connectivity index (χ2v) is 13.5. The predicted octanol–water partition coefficient (Wildman–Crippen LogP) is 4.82. The van der Waals surface area contributed by atoms with Crippen LogP contribution in [0.3, 0.4) is 0 Å². The summed E-state index contributed by atoms with van der Waals surface area (Å²) in [4.78, 5) is 28.5. The number of carbonyl (C=O) groups is 2. The molecule has 0 spiro atoms. The van der Waals surface area contributed by atoms with Gasteiger partial charge in [0.15, 0.2) is 0 Å². The molecule has 0 bridgehead atoms. The average molecular weight is 659 g/mol. The number of esters is 1. The van der Waals surface area contributed by atoms with Crippen LogP contribution in [0, 0.1) is 18.6 Å². The van der Waals surface area contributed by atoms with Gasteiger partial charge in [-0.25, -0.2) is 22.0 Å². The third-order valence-electron chi connectivity index (χ3n) is 7.41. The highest BCUT2D eigenvalue weighted by molar-refractivity contribution is 7.92. The summed E-state index contributed by atoms with van der Waals surface area (Å²) in [5, 5.41) is 3.20.